The highest BCUT2D eigenvalue weighted by Crippen LogP contribution is 2.17. The number of nitrogens with zero attached hydrogens (tertiary/aromatic N) is 2. The molecule has 7 nitrogen and oxygen atoms in total. The van der Waals surface area contributed by atoms with Crippen molar-refractivity contribution in [2.45, 2.75) is 26.3 Å². The summed E-state index contributed by atoms with van der Waals surface area (Å²) in [7, 11) is 3.26. The molecule has 0 aromatic carbocycles. The van der Waals surface area contributed by atoms with E-state index in [2.05, 4.69) is 45.2 Å². The van der Waals surface area contributed by atoms with Crippen molar-refractivity contribution in [3.63, 3.8) is 0 Å². The lowest BCUT2D eigenvalue weighted by Crippen LogP contribution is -2.43. The lowest BCUT2D eigenvalue weighted by molar-refractivity contribution is -0.120. The van der Waals surface area contributed by atoms with E-state index in [1.807, 2.05) is 0 Å². The van der Waals surface area contributed by atoms with Gasteiger partial charge in [-0.25, -0.2) is 4.98 Å². The number of thiazole rings is 1. The van der Waals surface area contributed by atoms with Crippen molar-refractivity contribution in [3.8, 4) is 0 Å². The quantitative estimate of drug-likeness (QED) is 0.371. The fourth-order valence-corrected chi connectivity index (χ4v) is 2.47. The largest absolute Gasteiger partial charge is 0.383 e. The molecule has 0 radical (unpaired) electrons. The number of carbonyl (C=O) groups excluding carboxylic acids is 1. The Hall–Kier alpha value is -1.67. The molecular weight excluding hydrogens is 302 g/mol. The van der Waals surface area contributed by atoms with Crippen LogP contribution in [0.4, 0.5) is 0 Å². The van der Waals surface area contributed by atoms with Crippen LogP contribution in [-0.4, -0.2) is 50.7 Å². The monoisotopic (exact) mass is 327 g/mol. The van der Waals surface area contributed by atoms with Crippen LogP contribution in [0.3, 0.4) is 0 Å². The Morgan fingerprint density at radius 2 is 2.18 bits per heavy atom. The van der Waals surface area contributed by atoms with E-state index in [4.69, 9.17) is 4.74 Å². The molecular formula is C14H25N5O2S. The zero-order valence-corrected chi connectivity index (χ0v) is 14.4. The summed E-state index contributed by atoms with van der Waals surface area (Å²) in [4.78, 5) is 20.2. The van der Waals surface area contributed by atoms with Crippen LogP contribution >= 0.6 is 11.3 Å². The third-order valence-corrected chi connectivity index (χ3v) is 3.70. The van der Waals surface area contributed by atoms with Crippen LogP contribution in [0.1, 0.15) is 30.5 Å². The fraction of sp³-hybridized carbons (Fsp3) is 0.643. The highest BCUT2D eigenvalue weighted by Gasteiger charge is 2.07. The smallest absolute Gasteiger partial charge is 0.239 e. The summed E-state index contributed by atoms with van der Waals surface area (Å²) in [5, 5.41) is 11.9. The first-order valence-electron chi connectivity index (χ1n) is 7.21. The minimum atomic E-state index is -0.101. The van der Waals surface area contributed by atoms with E-state index in [0.717, 1.165) is 10.7 Å². The molecule has 0 spiro atoms. The van der Waals surface area contributed by atoms with Crippen LogP contribution in [0.2, 0.25) is 0 Å². The van der Waals surface area contributed by atoms with Crippen LogP contribution in [0.15, 0.2) is 10.4 Å². The molecule has 0 saturated carbocycles. The van der Waals surface area contributed by atoms with E-state index < -0.39 is 0 Å². The van der Waals surface area contributed by atoms with Crippen molar-refractivity contribution in [1.82, 2.24) is 20.9 Å². The van der Waals surface area contributed by atoms with Gasteiger partial charge in [0.05, 0.1) is 25.4 Å². The van der Waals surface area contributed by atoms with Gasteiger partial charge in [0.15, 0.2) is 5.96 Å². The third kappa shape index (κ3) is 6.86. The van der Waals surface area contributed by atoms with Crippen LogP contribution in [0.5, 0.6) is 0 Å². The van der Waals surface area contributed by atoms with E-state index in [0.29, 0.717) is 31.6 Å². The summed E-state index contributed by atoms with van der Waals surface area (Å²) in [6.45, 7) is 5.99. The van der Waals surface area contributed by atoms with Crippen molar-refractivity contribution in [2.24, 2.45) is 4.99 Å². The Morgan fingerprint density at radius 1 is 1.41 bits per heavy atom. The Labute approximate surface area is 135 Å². The zero-order valence-electron chi connectivity index (χ0n) is 13.6. The third-order valence-electron chi connectivity index (χ3n) is 2.84. The molecule has 0 fully saturated rings. The fourth-order valence-electron chi connectivity index (χ4n) is 1.57. The highest BCUT2D eigenvalue weighted by atomic mass is 32.1. The van der Waals surface area contributed by atoms with E-state index in [9.17, 15) is 4.79 Å². The molecule has 22 heavy (non-hydrogen) atoms. The van der Waals surface area contributed by atoms with Crippen molar-refractivity contribution in [2.75, 3.05) is 33.9 Å². The second-order valence-corrected chi connectivity index (χ2v) is 5.89. The normalized spacial score (nSPS) is 11.6. The topological polar surface area (TPSA) is 87.6 Å². The molecule has 0 aliphatic heterocycles. The average Bonchev–Trinajstić information content (AvgIpc) is 2.97. The van der Waals surface area contributed by atoms with Gasteiger partial charge in [-0.1, -0.05) is 13.8 Å². The molecule has 0 bridgehead atoms. The first-order valence-corrected chi connectivity index (χ1v) is 8.09. The van der Waals surface area contributed by atoms with Gasteiger partial charge in [-0.05, 0) is 5.92 Å². The maximum Gasteiger partial charge on any atom is 0.239 e. The van der Waals surface area contributed by atoms with Crippen molar-refractivity contribution >= 4 is 23.2 Å². The first-order chi connectivity index (χ1) is 10.6. The number of aliphatic imine (C=N–C) groups is 1. The van der Waals surface area contributed by atoms with Gasteiger partial charge < -0.3 is 20.7 Å². The summed E-state index contributed by atoms with van der Waals surface area (Å²) in [5.41, 5.74) is 1.10. The highest BCUT2D eigenvalue weighted by molar-refractivity contribution is 7.09. The minimum Gasteiger partial charge on any atom is -0.383 e. The maximum atomic E-state index is 11.6. The molecule has 0 saturated heterocycles. The van der Waals surface area contributed by atoms with E-state index in [-0.39, 0.29) is 12.5 Å². The summed E-state index contributed by atoms with van der Waals surface area (Å²) >= 11 is 1.62. The number of methoxy groups -OCH3 is 1. The second kappa shape index (κ2) is 10.1. The number of nitrogens with one attached hydrogen (secondary N) is 3. The van der Waals surface area contributed by atoms with E-state index in [1.165, 1.54) is 0 Å². The van der Waals surface area contributed by atoms with E-state index in [1.54, 1.807) is 25.5 Å². The van der Waals surface area contributed by atoms with Crippen LogP contribution in [0.25, 0.3) is 0 Å². The van der Waals surface area contributed by atoms with Gasteiger partial charge in [0, 0.05) is 26.1 Å². The molecule has 1 heterocycles. The minimum absolute atomic E-state index is 0.101. The molecule has 8 heteroatoms. The molecule has 3 N–H and O–H groups in total. The number of hydrogen-bond donors (Lipinski definition) is 3. The molecule has 0 aliphatic carbocycles. The van der Waals surface area contributed by atoms with Gasteiger partial charge in [-0.15, -0.1) is 11.3 Å². The molecule has 1 aromatic heterocycles. The van der Waals surface area contributed by atoms with Gasteiger partial charge in [0.25, 0.3) is 0 Å². The van der Waals surface area contributed by atoms with Gasteiger partial charge in [-0.3, -0.25) is 9.79 Å². The molecule has 1 aromatic rings. The van der Waals surface area contributed by atoms with E-state index >= 15 is 0 Å². The van der Waals surface area contributed by atoms with Crippen molar-refractivity contribution in [1.29, 1.82) is 0 Å². The standard InChI is InChI=1S/C14H25N5O2S/c1-10(2)11-9-22-13(19-11)8-18-14(15-3)17-7-12(20)16-5-6-21-4/h9-10H,5-8H2,1-4H3,(H,16,20)(H2,15,17,18). The lowest BCUT2D eigenvalue weighted by atomic mass is 10.2. The van der Waals surface area contributed by atoms with Crippen molar-refractivity contribution in [3.05, 3.63) is 16.1 Å². The number of aromatic nitrogens is 1. The first kappa shape index (κ1) is 18.4. The number of guanidine groups is 1. The Balaban J connectivity index is 2.31. The summed E-state index contributed by atoms with van der Waals surface area (Å²) < 4.78 is 4.87. The summed E-state index contributed by atoms with van der Waals surface area (Å²) in [6, 6.07) is 0. The van der Waals surface area contributed by atoms with Gasteiger partial charge in [-0.2, -0.15) is 0 Å². The molecule has 0 atom stereocenters. The molecule has 0 aliphatic rings. The summed E-state index contributed by atoms with van der Waals surface area (Å²) in [5.74, 6) is 0.901. The van der Waals surface area contributed by atoms with Crippen molar-refractivity contribution < 1.29 is 9.53 Å². The number of carbonyl (C=O) groups is 1. The number of amides is 1. The average molecular weight is 327 g/mol. The zero-order chi connectivity index (χ0) is 16.4. The predicted molar refractivity (Wildman–Crippen MR) is 89.3 cm³/mol. The molecule has 124 valence electrons. The van der Waals surface area contributed by atoms with Crippen LogP contribution in [-0.2, 0) is 16.1 Å². The number of rotatable bonds is 8. The Morgan fingerprint density at radius 3 is 2.77 bits per heavy atom. The van der Waals surface area contributed by atoms with Gasteiger partial charge in [0.1, 0.15) is 5.01 Å². The molecule has 0 unspecified atom stereocenters. The molecule has 1 rings (SSSR count). The summed E-state index contributed by atoms with van der Waals surface area (Å²) in [6.07, 6.45) is 0. The Bertz CT molecular complexity index is 487. The Kier molecular flexibility index (Phi) is 8.46. The van der Waals surface area contributed by atoms with Crippen LogP contribution < -0.4 is 16.0 Å². The maximum absolute atomic E-state index is 11.6. The molecule has 1 amide bonds. The SMILES string of the molecule is CN=C(NCC(=O)NCCOC)NCc1nc(C(C)C)cs1. The number of hydrogen-bond acceptors (Lipinski definition) is 5. The predicted octanol–water partition coefficient (Wildman–Crippen LogP) is 0.694. The van der Waals surface area contributed by atoms with Crippen LogP contribution in [0, 0.1) is 0 Å². The second-order valence-electron chi connectivity index (χ2n) is 4.94. The van der Waals surface area contributed by atoms with Gasteiger partial charge in [0.2, 0.25) is 5.91 Å². The lowest BCUT2D eigenvalue weighted by Gasteiger charge is -2.11. The van der Waals surface area contributed by atoms with Gasteiger partial charge >= 0.3 is 0 Å². The number of ether oxygens (including phenoxy) is 1.